The first kappa shape index (κ1) is 17.2. The van der Waals surface area contributed by atoms with Gasteiger partial charge >= 0.3 is 5.69 Å². The maximum atomic E-state index is 13.1. The van der Waals surface area contributed by atoms with Crippen molar-refractivity contribution in [1.29, 1.82) is 0 Å². The minimum absolute atomic E-state index is 0.155. The van der Waals surface area contributed by atoms with Crippen LogP contribution in [0.4, 0.5) is 0 Å². The van der Waals surface area contributed by atoms with E-state index in [1.165, 1.54) is 4.57 Å². The van der Waals surface area contributed by atoms with E-state index >= 15 is 0 Å². The standard InChI is InChI=1S/C20H15ClN4O2/c21-16-4-1-3-15(11-16)13-24-17-5-2-8-23-18(17)19(26)25(20(24)27)12-14-6-9-22-10-7-14/h1-11H,12-13H2. The van der Waals surface area contributed by atoms with E-state index in [-0.39, 0.29) is 18.6 Å². The third kappa shape index (κ3) is 3.39. The molecule has 6 nitrogen and oxygen atoms in total. The molecule has 0 aliphatic heterocycles. The molecule has 0 unspecified atom stereocenters. The highest BCUT2D eigenvalue weighted by Crippen LogP contribution is 2.13. The number of halogens is 1. The Morgan fingerprint density at radius 1 is 0.852 bits per heavy atom. The molecule has 4 aromatic rings. The van der Waals surface area contributed by atoms with E-state index in [2.05, 4.69) is 9.97 Å². The first-order valence-corrected chi connectivity index (χ1v) is 8.73. The maximum absolute atomic E-state index is 13.1. The summed E-state index contributed by atoms with van der Waals surface area (Å²) < 4.78 is 2.76. The molecule has 0 saturated heterocycles. The van der Waals surface area contributed by atoms with Crippen LogP contribution in [0.2, 0.25) is 5.02 Å². The molecule has 7 heteroatoms. The number of rotatable bonds is 4. The summed E-state index contributed by atoms with van der Waals surface area (Å²) in [6, 6.07) is 14.3. The summed E-state index contributed by atoms with van der Waals surface area (Å²) in [7, 11) is 0. The predicted molar refractivity (Wildman–Crippen MR) is 104 cm³/mol. The molecule has 134 valence electrons. The van der Waals surface area contributed by atoms with Crippen LogP contribution in [0.25, 0.3) is 11.0 Å². The van der Waals surface area contributed by atoms with Crippen LogP contribution in [-0.4, -0.2) is 19.1 Å². The van der Waals surface area contributed by atoms with E-state index in [4.69, 9.17) is 11.6 Å². The van der Waals surface area contributed by atoms with Crippen LogP contribution in [0.5, 0.6) is 0 Å². The van der Waals surface area contributed by atoms with Gasteiger partial charge in [0.05, 0.1) is 18.6 Å². The smallest absolute Gasteiger partial charge is 0.287 e. The van der Waals surface area contributed by atoms with Gasteiger partial charge < -0.3 is 0 Å². The van der Waals surface area contributed by atoms with Crippen LogP contribution >= 0.6 is 11.6 Å². The number of hydrogen-bond donors (Lipinski definition) is 0. The van der Waals surface area contributed by atoms with Gasteiger partial charge in [0.15, 0.2) is 5.52 Å². The lowest BCUT2D eigenvalue weighted by Crippen LogP contribution is -2.40. The molecule has 0 fully saturated rings. The van der Waals surface area contributed by atoms with Crippen LogP contribution in [0.3, 0.4) is 0 Å². The summed E-state index contributed by atoms with van der Waals surface area (Å²) in [4.78, 5) is 34.2. The summed E-state index contributed by atoms with van der Waals surface area (Å²) in [6.07, 6.45) is 4.81. The number of nitrogens with zero attached hydrogens (tertiary/aromatic N) is 4. The number of hydrogen-bond acceptors (Lipinski definition) is 4. The molecule has 0 aliphatic carbocycles. The topological polar surface area (TPSA) is 69.8 Å². The molecule has 0 radical (unpaired) electrons. The van der Waals surface area contributed by atoms with Crippen molar-refractivity contribution in [1.82, 2.24) is 19.1 Å². The molecule has 0 saturated carbocycles. The van der Waals surface area contributed by atoms with E-state index in [0.717, 1.165) is 11.1 Å². The van der Waals surface area contributed by atoms with Crippen molar-refractivity contribution in [3.8, 4) is 0 Å². The van der Waals surface area contributed by atoms with Crippen molar-refractivity contribution in [2.24, 2.45) is 0 Å². The third-order valence-corrected chi connectivity index (χ3v) is 4.54. The largest absolute Gasteiger partial charge is 0.332 e. The third-order valence-electron chi connectivity index (χ3n) is 4.31. The van der Waals surface area contributed by atoms with E-state index in [1.807, 2.05) is 12.1 Å². The minimum Gasteiger partial charge on any atom is -0.287 e. The lowest BCUT2D eigenvalue weighted by atomic mass is 10.2. The maximum Gasteiger partial charge on any atom is 0.332 e. The average Bonchev–Trinajstić information content (AvgIpc) is 2.69. The highest BCUT2D eigenvalue weighted by atomic mass is 35.5. The molecule has 0 bridgehead atoms. The van der Waals surface area contributed by atoms with Gasteiger partial charge in [-0.1, -0.05) is 23.7 Å². The van der Waals surface area contributed by atoms with E-state index in [9.17, 15) is 9.59 Å². The van der Waals surface area contributed by atoms with Crippen LogP contribution in [-0.2, 0) is 13.1 Å². The highest BCUT2D eigenvalue weighted by Gasteiger charge is 2.14. The van der Waals surface area contributed by atoms with E-state index in [1.54, 1.807) is 59.6 Å². The van der Waals surface area contributed by atoms with Gasteiger partial charge in [0.1, 0.15) is 0 Å². The molecule has 1 aromatic carbocycles. The van der Waals surface area contributed by atoms with Gasteiger partial charge in [0.2, 0.25) is 0 Å². The molecule has 0 atom stereocenters. The van der Waals surface area contributed by atoms with Gasteiger partial charge in [-0.15, -0.1) is 0 Å². The number of fused-ring (bicyclic) bond motifs is 1. The van der Waals surface area contributed by atoms with Crippen LogP contribution in [0.1, 0.15) is 11.1 Å². The quantitative estimate of drug-likeness (QED) is 0.547. The Balaban J connectivity index is 1.92. The highest BCUT2D eigenvalue weighted by molar-refractivity contribution is 6.30. The normalized spacial score (nSPS) is 11.0. The summed E-state index contributed by atoms with van der Waals surface area (Å²) in [5.41, 5.74) is 1.64. The van der Waals surface area contributed by atoms with Crippen molar-refractivity contribution in [3.05, 3.63) is 104 Å². The Morgan fingerprint density at radius 3 is 2.41 bits per heavy atom. The second-order valence-electron chi connectivity index (χ2n) is 6.12. The van der Waals surface area contributed by atoms with Crippen molar-refractivity contribution >= 4 is 22.6 Å². The Hall–Kier alpha value is -3.25. The van der Waals surface area contributed by atoms with Crippen LogP contribution < -0.4 is 11.2 Å². The van der Waals surface area contributed by atoms with Gasteiger partial charge in [-0.3, -0.25) is 18.9 Å². The number of aromatic nitrogens is 4. The SMILES string of the molecule is O=c1c2ncccc2n(Cc2cccc(Cl)c2)c(=O)n1Cc1ccncc1. The van der Waals surface area contributed by atoms with Gasteiger partial charge in [0.25, 0.3) is 5.56 Å². The molecule has 0 N–H and O–H groups in total. The molecule has 0 spiro atoms. The molecular formula is C20H15ClN4O2. The fourth-order valence-electron chi connectivity index (χ4n) is 3.02. The monoisotopic (exact) mass is 378 g/mol. The van der Waals surface area contributed by atoms with Gasteiger partial charge in [-0.2, -0.15) is 0 Å². The fraction of sp³-hybridized carbons (Fsp3) is 0.100. The summed E-state index contributed by atoms with van der Waals surface area (Å²) in [5, 5.41) is 0.591. The zero-order valence-corrected chi connectivity index (χ0v) is 15.0. The Bertz CT molecular complexity index is 1230. The molecule has 0 amide bonds. The van der Waals surface area contributed by atoms with Crippen molar-refractivity contribution < 1.29 is 0 Å². The van der Waals surface area contributed by atoms with Crippen molar-refractivity contribution in [3.63, 3.8) is 0 Å². The molecule has 4 rings (SSSR count). The first-order chi connectivity index (χ1) is 13.1. The number of benzene rings is 1. The van der Waals surface area contributed by atoms with Crippen LogP contribution in [0.15, 0.2) is 76.7 Å². The zero-order valence-electron chi connectivity index (χ0n) is 14.2. The minimum atomic E-state index is -0.408. The molecule has 27 heavy (non-hydrogen) atoms. The van der Waals surface area contributed by atoms with Gasteiger partial charge in [0, 0.05) is 23.6 Å². The molecule has 0 aliphatic rings. The lowest BCUT2D eigenvalue weighted by Gasteiger charge is -2.14. The Labute approximate surface area is 159 Å². The summed E-state index contributed by atoms with van der Waals surface area (Å²) in [5.74, 6) is 0. The number of pyridine rings is 2. The lowest BCUT2D eigenvalue weighted by molar-refractivity contribution is 0.633. The van der Waals surface area contributed by atoms with E-state index in [0.29, 0.717) is 10.5 Å². The van der Waals surface area contributed by atoms with E-state index < -0.39 is 11.2 Å². The van der Waals surface area contributed by atoms with Gasteiger partial charge in [-0.25, -0.2) is 9.78 Å². The average molecular weight is 379 g/mol. The fourth-order valence-corrected chi connectivity index (χ4v) is 3.24. The Morgan fingerprint density at radius 2 is 1.63 bits per heavy atom. The second kappa shape index (κ2) is 7.17. The van der Waals surface area contributed by atoms with Crippen molar-refractivity contribution in [2.45, 2.75) is 13.1 Å². The Kier molecular flexibility index (Phi) is 4.56. The second-order valence-corrected chi connectivity index (χ2v) is 6.55. The van der Waals surface area contributed by atoms with Gasteiger partial charge in [-0.05, 0) is 47.5 Å². The summed E-state index contributed by atoms with van der Waals surface area (Å²) >= 11 is 6.07. The molecule has 3 aromatic heterocycles. The zero-order chi connectivity index (χ0) is 18.8. The molecular weight excluding hydrogens is 364 g/mol. The first-order valence-electron chi connectivity index (χ1n) is 8.35. The summed E-state index contributed by atoms with van der Waals surface area (Å²) in [6.45, 7) is 0.445. The van der Waals surface area contributed by atoms with Crippen LogP contribution in [0, 0.1) is 0 Å². The molecule has 3 heterocycles. The van der Waals surface area contributed by atoms with Crippen molar-refractivity contribution in [2.75, 3.05) is 0 Å². The predicted octanol–water partition coefficient (Wildman–Crippen LogP) is 2.70.